The van der Waals surface area contributed by atoms with E-state index in [0.717, 1.165) is 17.9 Å². The van der Waals surface area contributed by atoms with E-state index < -0.39 is 6.10 Å². The first kappa shape index (κ1) is 14.8. The van der Waals surface area contributed by atoms with Crippen molar-refractivity contribution in [3.8, 4) is 0 Å². The third kappa shape index (κ3) is 3.93. The monoisotopic (exact) mass is 274 g/mol. The van der Waals surface area contributed by atoms with Gasteiger partial charge >= 0.3 is 0 Å². The van der Waals surface area contributed by atoms with Gasteiger partial charge in [0.1, 0.15) is 5.76 Å². The topological polar surface area (TPSA) is 48.6 Å². The lowest BCUT2D eigenvalue weighted by atomic mass is 10.1. The van der Waals surface area contributed by atoms with Crippen LogP contribution in [-0.4, -0.2) is 37.2 Å². The zero-order valence-electron chi connectivity index (χ0n) is 12.0. The molecule has 2 rings (SSSR count). The third-order valence-corrected chi connectivity index (χ3v) is 3.35. The molecule has 0 aliphatic rings. The minimum absolute atomic E-state index is 0.160. The third-order valence-electron chi connectivity index (χ3n) is 3.35. The average molecular weight is 274 g/mol. The van der Waals surface area contributed by atoms with Gasteiger partial charge in [-0.3, -0.25) is 4.90 Å². The summed E-state index contributed by atoms with van der Waals surface area (Å²) in [5.41, 5.74) is 0.930. The standard InChI is InChI=1S/C16H22N2O2/c1-18(2)14(16-9-6-10-20-16)11-17-12-15(19)13-7-4-3-5-8-13/h3-10,14-15,17,19H,11-12H2,1-2H3/t14-,15-/m0/s1. The van der Waals surface area contributed by atoms with Crippen LogP contribution in [0.1, 0.15) is 23.5 Å². The van der Waals surface area contributed by atoms with E-state index in [9.17, 15) is 5.11 Å². The van der Waals surface area contributed by atoms with Crippen molar-refractivity contribution < 1.29 is 9.52 Å². The van der Waals surface area contributed by atoms with Gasteiger partial charge < -0.3 is 14.8 Å². The second kappa shape index (κ2) is 7.24. The molecule has 0 aliphatic heterocycles. The summed E-state index contributed by atoms with van der Waals surface area (Å²) in [6, 6.07) is 13.7. The van der Waals surface area contributed by atoms with E-state index >= 15 is 0 Å². The van der Waals surface area contributed by atoms with Crippen LogP contribution in [-0.2, 0) is 0 Å². The number of rotatable bonds is 7. The predicted molar refractivity (Wildman–Crippen MR) is 79.4 cm³/mol. The fourth-order valence-corrected chi connectivity index (χ4v) is 2.17. The number of furan rings is 1. The van der Waals surface area contributed by atoms with Gasteiger partial charge in [0.05, 0.1) is 18.4 Å². The van der Waals surface area contributed by atoms with E-state index in [2.05, 4.69) is 10.2 Å². The Labute approximate surface area is 120 Å². The molecule has 1 aromatic heterocycles. The number of aliphatic hydroxyl groups excluding tert-OH is 1. The molecular formula is C16H22N2O2. The number of nitrogens with one attached hydrogen (secondary N) is 1. The summed E-state index contributed by atoms with van der Waals surface area (Å²) in [5, 5.41) is 13.4. The van der Waals surface area contributed by atoms with Gasteiger partial charge in [-0.05, 0) is 31.8 Å². The van der Waals surface area contributed by atoms with Crippen LogP contribution in [0.2, 0.25) is 0 Å². The summed E-state index contributed by atoms with van der Waals surface area (Å²) in [5.74, 6) is 0.928. The van der Waals surface area contributed by atoms with Crippen molar-refractivity contribution in [3.05, 3.63) is 60.1 Å². The first-order valence-corrected chi connectivity index (χ1v) is 6.82. The van der Waals surface area contributed by atoms with E-state index in [1.54, 1.807) is 6.26 Å². The van der Waals surface area contributed by atoms with Gasteiger partial charge in [0.25, 0.3) is 0 Å². The summed E-state index contributed by atoms with van der Waals surface area (Å²) in [6.45, 7) is 1.25. The van der Waals surface area contributed by atoms with Crippen LogP contribution in [0, 0.1) is 0 Å². The highest BCUT2D eigenvalue weighted by molar-refractivity contribution is 5.17. The van der Waals surface area contributed by atoms with Gasteiger partial charge in [-0.1, -0.05) is 30.3 Å². The minimum atomic E-state index is -0.490. The lowest BCUT2D eigenvalue weighted by molar-refractivity contribution is 0.166. The van der Waals surface area contributed by atoms with E-state index in [1.807, 2.05) is 56.6 Å². The van der Waals surface area contributed by atoms with E-state index in [-0.39, 0.29) is 6.04 Å². The summed E-state index contributed by atoms with van der Waals surface area (Å²) in [7, 11) is 4.03. The van der Waals surface area contributed by atoms with Gasteiger partial charge in [0.2, 0.25) is 0 Å². The van der Waals surface area contributed by atoms with Gasteiger partial charge in [-0.15, -0.1) is 0 Å². The maximum absolute atomic E-state index is 10.1. The molecule has 0 unspecified atom stereocenters. The molecule has 1 heterocycles. The molecule has 4 nitrogen and oxygen atoms in total. The Kier molecular flexibility index (Phi) is 5.35. The molecule has 0 saturated carbocycles. The van der Waals surface area contributed by atoms with Crippen LogP contribution in [0.5, 0.6) is 0 Å². The van der Waals surface area contributed by atoms with Crippen LogP contribution >= 0.6 is 0 Å². The molecule has 0 amide bonds. The molecule has 2 atom stereocenters. The molecule has 0 saturated heterocycles. The number of benzene rings is 1. The zero-order valence-corrected chi connectivity index (χ0v) is 12.0. The van der Waals surface area contributed by atoms with Crippen molar-refractivity contribution in [1.29, 1.82) is 0 Å². The van der Waals surface area contributed by atoms with Gasteiger partial charge in [-0.25, -0.2) is 0 Å². The molecule has 0 radical (unpaired) electrons. The lowest BCUT2D eigenvalue weighted by Crippen LogP contribution is -2.33. The summed E-state index contributed by atoms with van der Waals surface area (Å²) >= 11 is 0. The fourth-order valence-electron chi connectivity index (χ4n) is 2.17. The van der Waals surface area contributed by atoms with E-state index in [4.69, 9.17) is 4.42 Å². The molecule has 0 aliphatic carbocycles. The Morgan fingerprint density at radius 1 is 1.10 bits per heavy atom. The Morgan fingerprint density at radius 3 is 2.45 bits per heavy atom. The molecule has 0 fully saturated rings. The zero-order chi connectivity index (χ0) is 14.4. The van der Waals surface area contributed by atoms with Crippen molar-refractivity contribution in [2.75, 3.05) is 27.2 Å². The maximum Gasteiger partial charge on any atom is 0.122 e. The maximum atomic E-state index is 10.1. The van der Waals surface area contributed by atoms with Crippen molar-refractivity contribution in [2.24, 2.45) is 0 Å². The van der Waals surface area contributed by atoms with Crippen molar-refractivity contribution >= 4 is 0 Å². The van der Waals surface area contributed by atoms with Crippen molar-refractivity contribution in [3.63, 3.8) is 0 Å². The van der Waals surface area contributed by atoms with Gasteiger partial charge in [-0.2, -0.15) is 0 Å². The Balaban J connectivity index is 1.85. The average Bonchev–Trinajstić information content (AvgIpc) is 2.97. The number of hydrogen-bond acceptors (Lipinski definition) is 4. The van der Waals surface area contributed by atoms with Crippen LogP contribution in [0.4, 0.5) is 0 Å². The number of hydrogen-bond donors (Lipinski definition) is 2. The van der Waals surface area contributed by atoms with E-state index in [1.165, 1.54) is 0 Å². The van der Waals surface area contributed by atoms with Crippen LogP contribution < -0.4 is 5.32 Å². The highest BCUT2D eigenvalue weighted by Gasteiger charge is 2.17. The van der Waals surface area contributed by atoms with Gasteiger partial charge in [0.15, 0.2) is 0 Å². The lowest BCUT2D eigenvalue weighted by Gasteiger charge is -2.23. The number of nitrogens with zero attached hydrogens (tertiary/aromatic N) is 1. The smallest absolute Gasteiger partial charge is 0.122 e. The Bertz CT molecular complexity index is 482. The summed E-state index contributed by atoms with van der Waals surface area (Å²) in [4.78, 5) is 2.10. The fraction of sp³-hybridized carbons (Fsp3) is 0.375. The molecule has 2 aromatic rings. The quantitative estimate of drug-likeness (QED) is 0.812. The molecule has 2 N–H and O–H groups in total. The Morgan fingerprint density at radius 2 is 1.85 bits per heavy atom. The van der Waals surface area contributed by atoms with Crippen LogP contribution in [0.15, 0.2) is 53.1 Å². The first-order valence-electron chi connectivity index (χ1n) is 6.82. The molecule has 1 aromatic carbocycles. The first-order chi connectivity index (χ1) is 9.68. The largest absolute Gasteiger partial charge is 0.468 e. The Hall–Kier alpha value is -1.62. The highest BCUT2D eigenvalue weighted by Crippen LogP contribution is 2.18. The van der Waals surface area contributed by atoms with Crippen molar-refractivity contribution in [1.82, 2.24) is 10.2 Å². The summed E-state index contributed by atoms with van der Waals surface area (Å²) < 4.78 is 5.45. The molecule has 0 bridgehead atoms. The molecule has 20 heavy (non-hydrogen) atoms. The minimum Gasteiger partial charge on any atom is -0.468 e. The predicted octanol–water partition coefficient (Wildman–Crippen LogP) is 2.21. The molecular weight excluding hydrogens is 252 g/mol. The molecule has 0 spiro atoms. The molecule has 4 heteroatoms. The highest BCUT2D eigenvalue weighted by atomic mass is 16.3. The molecule has 108 valence electrons. The second-order valence-electron chi connectivity index (χ2n) is 5.08. The SMILES string of the molecule is CN(C)[C@@H](CNC[C@H](O)c1ccccc1)c1ccco1. The van der Waals surface area contributed by atoms with E-state index in [0.29, 0.717) is 6.54 Å². The van der Waals surface area contributed by atoms with Gasteiger partial charge in [0, 0.05) is 13.1 Å². The second-order valence-corrected chi connectivity index (χ2v) is 5.08. The number of aliphatic hydroxyl groups is 1. The summed E-state index contributed by atoms with van der Waals surface area (Å²) in [6.07, 6.45) is 1.19. The van der Waals surface area contributed by atoms with Crippen LogP contribution in [0.3, 0.4) is 0 Å². The number of likely N-dealkylation sites (N-methyl/N-ethyl adjacent to an activating group) is 1. The normalized spacial score (nSPS) is 14.4. The van der Waals surface area contributed by atoms with Crippen LogP contribution in [0.25, 0.3) is 0 Å². The van der Waals surface area contributed by atoms with Crippen molar-refractivity contribution in [2.45, 2.75) is 12.1 Å².